The summed E-state index contributed by atoms with van der Waals surface area (Å²) in [4.78, 5) is 22.5. The Balaban J connectivity index is 2.05. The van der Waals surface area contributed by atoms with Crippen molar-refractivity contribution in [2.24, 2.45) is 13.0 Å². The van der Waals surface area contributed by atoms with E-state index in [9.17, 15) is 9.59 Å². The van der Waals surface area contributed by atoms with Gasteiger partial charge in [0, 0.05) is 19.0 Å². The molecule has 1 aromatic heterocycles. The van der Waals surface area contributed by atoms with Crippen molar-refractivity contribution >= 4 is 22.8 Å². The van der Waals surface area contributed by atoms with Crippen LogP contribution in [0.5, 0.6) is 0 Å². The second-order valence-corrected chi connectivity index (χ2v) is 4.81. The van der Waals surface area contributed by atoms with E-state index >= 15 is 0 Å². The first-order valence-electron chi connectivity index (χ1n) is 6.39. The first kappa shape index (κ1) is 14.0. The fourth-order valence-electron chi connectivity index (χ4n) is 1.99. The third kappa shape index (κ3) is 2.96. The van der Waals surface area contributed by atoms with Gasteiger partial charge in [-0.05, 0) is 6.07 Å². The monoisotopic (exact) mass is 275 g/mol. The van der Waals surface area contributed by atoms with Crippen molar-refractivity contribution in [3.05, 3.63) is 30.0 Å². The highest BCUT2D eigenvalue weighted by Gasteiger charge is 2.15. The average Bonchev–Trinajstić information content (AvgIpc) is 2.73. The molecule has 1 atom stereocenters. The Morgan fingerprint density at radius 1 is 1.40 bits per heavy atom. The molecule has 0 saturated heterocycles. The molecule has 20 heavy (non-hydrogen) atoms. The Morgan fingerprint density at radius 3 is 2.80 bits per heavy atom. The number of fused-ring (bicyclic) bond motifs is 1. The van der Waals surface area contributed by atoms with Crippen molar-refractivity contribution in [3.8, 4) is 0 Å². The lowest BCUT2D eigenvalue weighted by molar-refractivity contribution is -0.141. The van der Waals surface area contributed by atoms with E-state index in [0.29, 0.717) is 5.69 Å². The van der Waals surface area contributed by atoms with Crippen LogP contribution in [0, 0.1) is 5.92 Å². The van der Waals surface area contributed by atoms with Gasteiger partial charge in [0.15, 0.2) is 0 Å². The van der Waals surface area contributed by atoms with Crippen molar-refractivity contribution < 1.29 is 14.7 Å². The van der Waals surface area contributed by atoms with E-state index in [1.54, 1.807) is 11.6 Å². The van der Waals surface area contributed by atoms with E-state index in [1.165, 1.54) is 0 Å². The zero-order chi connectivity index (χ0) is 14.7. The van der Waals surface area contributed by atoms with Crippen molar-refractivity contribution in [1.82, 2.24) is 15.1 Å². The van der Waals surface area contributed by atoms with Gasteiger partial charge >= 0.3 is 5.97 Å². The third-order valence-electron chi connectivity index (χ3n) is 3.19. The highest BCUT2D eigenvalue weighted by molar-refractivity contribution is 5.87. The number of aryl methyl sites for hydroxylation is 1. The number of benzene rings is 1. The highest BCUT2D eigenvalue weighted by Crippen LogP contribution is 2.17. The first-order valence-corrected chi connectivity index (χ1v) is 6.39. The van der Waals surface area contributed by atoms with Gasteiger partial charge in [0.05, 0.1) is 23.5 Å². The Kier molecular flexibility index (Phi) is 4.02. The Bertz CT molecular complexity index is 648. The fraction of sp³-hybridized carbons (Fsp3) is 0.357. The molecule has 1 unspecified atom stereocenters. The number of carbonyl (C=O) groups is 2. The molecule has 106 valence electrons. The van der Waals surface area contributed by atoms with Crippen LogP contribution in [-0.4, -0.2) is 33.3 Å². The van der Waals surface area contributed by atoms with E-state index in [4.69, 9.17) is 5.11 Å². The molecule has 2 N–H and O–H groups in total. The molecule has 0 radical (unpaired) electrons. The maximum Gasteiger partial charge on any atom is 0.308 e. The number of hydrogen-bond donors (Lipinski definition) is 2. The molecule has 0 bridgehead atoms. The number of hydrogen-bond acceptors (Lipinski definition) is 3. The van der Waals surface area contributed by atoms with Crippen LogP contribution >= 0.6 is 0 Å². The predicted molar refractivity (Wildman–Crippen MR) is 74.2 cm³/mol. The second kappa shape index (κ2) is 5.73. The number of amides is 1. The van der Waals surface area contributed by atoms with Crippen LogP contribution in [-0.2, 0) is 23.1 Å². The van der Waals surface area contributed by atoms with Crippen LogP contribution < -0.4 is 5.32 Å². The molecule has 1 aromatic carbocycles. The zero-order valence-electron chi connectivity index (χ0n) is 11.5. The number of carbonyl (C=O) groups excluding carboxylic acids is 1. The molecule has 0 fully saturated rings. The predicted octanol–water partition coefficient (Wildman–Crippen LogP) is 0.953. The Labute approximate surface area is 116 Å². The number of nitrogens with one attached hydrogen (secondary N) is 1. The maximum atomic E-state index is 11.8. The van der Waals surface area contributed by atoms with E-state index in [1.807, 2.05) is 31.3 Å². The lowest BCUT2D eigenvalue weighted by Crippen LogP contribution is -2.32. The summed E-state index contributed by atoms with van der Waals surface area (Å²) in [5.74, 6) is -1.74. The van der Waals surface area contributed by atoms with Gasteiger partial charge in [0.2, 0.25) is 5.91 Å². The van der Waals surface area contributed by atoms with Crippen LogP contribution in [0.15, 0.2) is 24.3 Å². The molecule has 2 aromatic rings. The molecule has 6 nitrogen and oxygen atoms in total. The molecule has 1 heterocycles. The molecule has 1 amide bonds. The fourth-order valence-corrected chi connectivity index (χ4v) is 1.99. The van der Waals surface area contributed by atoms with Crippen molar-refractivity contribution in [2.45, 2.75) is 13.3 Å². The summed E-state index contributed by atoms with van der Waals surface area (Å²) in [6.45, 7) is 1.68. The van der Waals surface area contributed by atoms with Gasteiger partial charge in [-0.3, -0.25) is 14.3 Å². The van der Waals surface area contributed by atoms with E-state index < -0.39 is 11.9 Å². The Morgan fingerprint density at radius 2 is 2.10 bits per heavy atom. The minimum absolute atomic E-state index is 0.124. The largest absolute Gasteiger partial charge is 0.481 e. The summed E-state index contributed by atoms with van der Waals surface area (Å²) in [5, 5.41) is 16.7. The number of carboxylic acids is 1. The Hall–Kier alpha value is -2.37. The molecule has 2 rings (SSSR count). The first-order chi connectivity index (χ1) is 9.49. The summed E-state index contributed by atoms with van der Waals surface area (Å²) in [6, 6.07) is 7.68. The van der Waals surface area contributed by atoms with Gasteiger partial charge in [-0.15, -0.1) is 0 Å². The summed E-state index contributed by atoms with van der Waals surface area (Å²) >= 11 is 0. The van der Waals surface area contributed by atoms with Crippen LogP contribution in [0.2, 0.25) is 0 Å². The normalized spacial score (nSPS) is 12.3. The number of para-hydroxylation sites is 1. The van der Waals surface area contributed by atoms with E-state index in [0.717, 1.165) is 10.9 Å². The third-order valence-corrected chi connectivity index (χ3v) is 3.19. The van der Waals surface area contributed by atoms with Crippen molar-refractivity contribution in [1.29, 1.82) is 0 Å². The molecule has 0 spiro atoms. The van der Waals surface area contributed by atoms with Gasteiger partial charge in [0.25, 0.3) is 0 Å². The molecule has 6 heteroatoms. The topological polar surface area (TPSA) is 84.2 Å². The molecule has 0 saturated carbocycles. The minimum Gasteiger partial charge on any atom is -0.481 e. The molecular weight excluding hydrogens is 258 g/mol. The standard InChI is InChI=1S/C14H17N3O3/c1-9(14(19)20)8-15-13(18)7-11-10-5-3-4-6-12(10)17(2)16-11/h3-6,9H,7-8H2,1-2H3,(H,15,18)(H,19,20). The van der Waals surface area contributed by atoms with Crippen LogP contribution in [0.1, 0.15) is 12.6 Å². The van der Waals surface area contributed by atoms with Crippen molar-refractivity contribution in [3.63, 3.8) is 0 Å². The number of aromatic nitrogens is 2. The molecular formula is C14H17N3O3. The van der Waals surface area contributed by atoms with Crippen LogP contribution in [0.3, 0.4) is 0 Å². The number of rotatable bonds is 5. The molecule has 0 aliphatic rings. The summed E-state index contributed by atoms with van der Waals surface area (Å²) in [5.41, 5.74) is 1.66. The second-order valence-electron chi connectivity index (χ2n) is 4.81. The van der Waals surface area contributed by atoms with Crippen LogP contribution in [0.4, 0.5) is 0 Å². The molecule has 0 aliphatic heterocycles. The van der Waals surface area contributed by atoms with Gasteiger partial charge in [-0.2, -0.15) is 5.10 Å². The van der Waals surface area contributed by atoms with E-state index in [2.05, 4.69) is 10.4 Å². The average molecular weight is 275 g/mol. The maximum absolute atomic E-state index is 11.8. The number of nitrogens with zero attached hydrogens (tertiary/aromatic N) is 2. The summed E-state index contributed by atoms with van der Waals surface area (Å²) in [6.07, 6.45) is 0.147. The lowest BCUT2D eigenvalue weighted by Gasteiger charge is -2.07. The van der Waals surface area contributed by atoms with Gasteiger partial charge in [0.1, 0.15) is 0 Å². The smallest absolute Gasteiger partial charge is 0.308 e. The lowest BCUT2D eigenvalue weighted by atomic mass is 10.1. The summed E-state index contributed by atoms with van der Waals surface area (Å²) in [7, 11) is 1.83. The quantitative estimate of drug-likeness (QED) is 0.851. The SMILES string of the molecule is CC(CNC(=O)Cc1nn(C)c2ccccc12)C(=O)O. The number of aliphatic carboxylic acids is 1. The zero-order valence-corrected chi connectivity index (χ0v) is 11.5. The summed E-state index contributed by atoms with van der Waals surface area (Å²) < 4.78 is 1.73. The van der Waals surface area contributed by atoms with Gasteiger partial charge < -0.3 is 10.4 Å². The van der Waals surface area contributed by atoms with Crippen LogP contribution in [0.25, 0.3) is 10.9 Å². The van der Waals surface area contributed by atoms with Crippen molar-refractivity contribution in [2.75, 3.05) is 6.54 Å². The minimum atomic E-state index is -0.923. The van der Waals surface area contributed by atoms with E-state index in [-0.39, 0.29) is 18.9 Å². The number of carboxylic acid groups (broad SMARTS) is 1. The van der Waals surface area contributed by atoms with Gasteiger partial charge in [-0.1, -0.05) is 25.1 Å². The highest BCUT2D eigenvalue weighted by atomic mass is 16.4. The van der Waals surface area contributed by atoms with Gasteiger partial charge in [-0.25, -0.2) is 0 Å². The molecule has 0 aliphatic carbocycles.